The van der Waals surface area contributed by atoms with Crippen molar-refractivity contribution in [3.8, 4) is 0 Å². The van der Waals surface area contributed by atoms with Gasteiger partial charge in [-0.25, -0.2) is 4.79 Å². The molecule has 0 aromatic rings. The fourth-order valence-electron chi connectivity index (χ4n) is 2.27. The number of amides is 3. The summed E-state index contributed by atoms with van der Waals surface area (Å²) in [7, 11) is 0. The number of hydrogen-bond acceptors (Lipinski definition) is 8. The Morgan fingerprint density at radius 3 is 1.83 bits per heavy atom. The molecule has 0 aromatic heterocycles. The van der Waals surface area contributed by atoms with Crippen LogP contribution in [0, 0.1) is 5.92 Å². The number of nitrogens with two attached hydrogens (primary N) is 1. The monoisotopic (exact) mass is 434 g/mol. The molecule has 0 fully saturated rings. The highest BCUT2D eigenvalue weighted by Gasteiger charge is 2.33. The van der Waals surface area contributed by atoms with Crippen LogP contribution >= 0.6 is 0 Å². The van der Waals surface area contributed by atoms with Gasteiger partial charge in [-0.1, -0.05) is 20.3 Å². The van der Waals surface area contributed by atoms with Crippen LogP contribution in [0.1, 0.15) is 33.6 Å². The molecule has 0 bridgehead atoms. The van der Waals surface area contributed by atoms with E-state index in [1.165, 1.54) is 6.92 Å². The van der Waals surface area contributed by atoms with Crippen molar-refractivity contribution in [3.05, 3.63) is 0 Å². The minimum absolute atomic E-state index is 0.387. The summed E-state index contributed by atoms with van der Waals surface area (Å²) in [6.45, 7) is 3.65. The Bertz CT molecular complexity index is 641. The second-order valence-electron chi connectivity index (χ2n) is 6.88. The van der Waals surface area contributed by atoms with E-state index in [0.29, 0.717) is 6.42 Å². The van der Waals surface area contributed by atoms with Crippen LogP contribution in [0.2, 0.25) is 0 Å². The summed E-state index contributed by atoms with van der Waals surface area (Å²) in [4.78, 5) is 59.2. The number of carboxylic acid groups (broad SMARTS) is 2. The number of hydrogen-bond donors (Lipinski definition) is 8. The summed E-state index contributed by atoms with van der Waals surface area (Å²) in [5.74, 6) is -6.29. The van der Waals surface area contributed by atoms with Crippen LogP contribution in [0.25, 0.3) is 0 Å². The van der Waals surface area contributed by atoms with Gasteiger partial charge in [-0.15, -0.1) is 0 Å². The molecule has 0 aliphatic heterocycles. The van der Waals surface area contributed by atoms with E-state index in [1.807, 2.05) is 0 Å². The van der Waals surface area contributed by atoms with E-state index in [1.54, 1.807) is 13.8 Å². The summed E-state index contributed by atoms with van der Waals surface area (Å²) >= 11 is 0. The molecule has 3 amide bonds. The minimum Gasteiger partial charge on any atom is -0.481 e. The number of rotatable bonds is 13. The first-order valence-corrected chi connectivity index (χ1v) is 9.25. The molecule has 0 radical (unpaired) electrons. The minimum atomic E-state index is -1.60. The van der Waals surface area contributed by atoms with Gasteiger partial charge >= 0.3 is 11.9 Å². The van der Waals surface area contributed by atoms with E-state index in [0.717, 1.165) is 0 Å². The van der Waals surface area contributed by atoms with Crippen LogP contribution in [0.15, 0.2) is 0 Å². The molecule has 6 atom stereocenters. The lowest BCUT2D eigenvalue weighted by Crippen LogP contribution is -2.60. The van der Waals surface area contributed by atoms with Gasteiger partial charge in [0.05, 0.1) is 19.1 Å². The highest BCUT2D eigenvalue weighted by molar-refractivity contribution is 5.95. The number of nitrogens with one attached hydrogen (secondary N) is 3. The van der Waals surface area contributed by atoms with E-state index >= 15 is 0 Å². The van der Waals surface area contributed by atoms with Crippen molar-refractivity contribution >= 4 is 29.7 Å². The Hall–Kier alpha value is -2.77. The van der Waals surface area contributed by atoms with Gasteiger partial charge in [0.1, 0.15) is 24.2 Å². The van der Waals surface area contributed by atoms with E-state index < -0.39 is 78.9 Å². The lowest BCUT2D eigenvalue weighted by atomic mass is 9.97. The van der Waals surface area contributed by atoms with Gasteiger partial charge < -0.3 is 42.1 Å². The number of aliphatic carboxylic acids is 2. The smallest absolute Gasteiger partial charge is 0.328 e. The van der Waals surface area contributed by atoms with E-state index in [9.17, 15) is 29.1 Å². The zero-order valence-electron chi connectivity index (χ0n) is 17.0. The molecule has 13 heteroatoms. The van der Waals surface area contributed by atoms with Crippen molar-refractivity contribution in [2.45, 2.75) is 63.9 Å². The Labute approximate surface area is 173 Å². The number of carboxylic acids is 2. The van der Waals surface area contributed by atoms with Crippen LogP contribution in [-0.4, -0.2) is 87.0 Å². The quantitative estimate of drug-likeness (QED) is 0.144. The van der Waals surface area contributed by atoms with Gasteiger partial charge in [0.15, 0.2) is 0 Å². The molecule has 0 rings (SSSR count). The number of aliphatic hydroxyl groups is 2. The predicted octanol–water partition coefficient (Wildman–Crippen LogP) is -3.25. The molecule has 0 saturated heterocycles. The largest absolute Gasteiger partial charge is 0.481 e. The summed E-state index contributed by atoms with van der Waals surface area (Å²) in [5.41, 5.74) is 5.47. The molecular weight excluding hydrogens is 404 g/mol. The molecule has 0 saturated carbocycles. The summed E-state index contributed by atoms with van der Waals surface area (Å²) in [6, 6.07) is -5.88. The van der Waals surface area contributed by atoms with Gasteiger partial charge in [0.2, 0.25) is 17.7 Å². The Balaban J connectivity index is 5.51. The van der Waals surface area contributed by atoms with E-state index in [2.05, 4.69) is 16.0 Å². The fourth-order valence-corrected chi connectivity index (χ4v) is 2.27. The maximum atomic E-state index is 12.6. The topological polar surface area (TPSA) is 228 Å². The van der Waals surface area contributed by atoms with Gasteiger partial charge in [-0.2, -0.15) is 0 Å². The van der Waals surface area contributed by atoms with Gasteiger partial charge in [-0.05, 0) is 12.8 Å². The van der Waals surface area contributed by atoms with Crippen LogP contribution in [0.3, 0.4) is 0 Å². The number of aliphatic hydroxyl groups excluding tert-OH is 2. The first-order valence-electron chi connectivity index (χ1n) is 9.25. The molecule has 0 aliphatic rings. The van der Waals surface area contributed by atoms with Crippen LogP contribution in [0.5, 0.6) is 0 Å². The Morgan fingerprint density at radius 2 is 1.43 bits per heavy atom. The maximum Gasteiger partial charge on any atom is 0.328 e. The normalized spacial score (nSPS) is 16.9. The van der Waals surface area contributed by atoms with Crippen molar-refractivity contribution in [2.24, 2.45) is 11.7 Å². The zero-order valence-corrected chi connectivity index (χ0v) is 17.0. The average Bonchev–Trinajstić information content (AvgIpc) is 2.67. The van der Waals surface area contributed by atoms with Crippen molar-refractivity contribution in [2.75, 3.05) is 6.61 Å². The van der Waals surface area contributed by atoms with Crippen molar-refractivity contribution < 1.29 is 44.4 Å². The molecule has 0 aliphatic carbocycles. The Kier molecular flexibility index (Phi) is 11.5. The van der Waals surface area contributed by atoms with Gasteiger partial charge in [-0.3, -0.25) is 19.2 Å². The SMILES string of the molecule is CCC(C)C(NC(=O)C(CC(=O)O)NC(=O)C(N)C(C)O)C(=O)NC(CO)C(=O)O. The van der Waals surface area contributed by atoms with E-state index in [4.69, 9.17) is 21.1 Å². The highest BCUT2D eigenvalue weighted by Crippen LogP contribution is 2.09. The predicted molar refractivity (Wildman–Crippen MR) is 102 cm³/mol. The molecule has 6 unspecified atom stereocenters. The van der Waals surface area contributed by atoms with Gasteiger partial charge in [0.25, 0.3) is 0 Å². The third kappa shape index (κ3) is 8.71. The second kappa shape index (κ2) is 12.7. The summed E-state index contributed by atoms with van der Waals surface area (Å²) in [5, 5.41) is 42.9. The van der Waals surface area contributed by atoms with Crippen LogP contribution in [0.4, 0.5) is 0 Å². The Morgan fingerprint density at radius 1 is 0.900 bits per heavy atom. The van der Waals surface area contributed by atoms with Crippen molar-refractivity contribution in [1.82, 2.24) is 16.0 Å². The zero-order chi connectivity index (χ0) is 23.6. The molecule has 172 valence electrons. The lowest BCUT2D eigenvalue weighted by molar-refractivity contribution is -0.144. The number of carbonyl (C=O) groups is 5. The summed E-state index contributed by atoms with van der Waals surface area (Å²) < 4.78 is 0. The average molecular weight is 434 g/mol. The highest BCUT2D eigenvalue weighted by atomic mass is 16.4. The molecule has 30 heavy (non-hydrogen) atoms. The lowest BCUT2D eigenvalue weighted by Gasteiger charge is -2.27. The second-order valence-corrected chi connectivity index (χ2v) is 6.88. The first-order chi connectivity index (χ1) is 13.8. The first kappa shape index (κ1) is 27.2. The van der Waals surface area contributed by atoms with Crippen molar-refractivity contribution in [1.29, 1.82) is 0 Å². The molecule has 13 nitrogen and oxygen atoms in total. The standard InChI is InChI=1S/C17H30N4O9/c1-4-7(2)13(16(28)20-10(6-22)17(29)30)21-14(26)9(5-11(24)25)19-15(27)12(18)8(3)23/h7-10,12-13,22-23H,4-6,18H2,1-3H3,(H,19,27)(H,20,28)(H,21,26)(H,24,25)(H,29,30). The molecular formula is C17H30N4O9. The van der Waals surface area contributed by atoms with E-state index in [-0.39, 0.29) is 0 Å². The van der Waals surface area contributed by atoms with Crippen LogP contribution in [-0.2, 0) is 24.0 Å². The molecule has 0 heterocycles. The van der Waals surface area contributed by atoms with Gasteiger partial charge in [0, 0.05) is 0 Å². The third-order valence-electron chi connectivity index (χ3n) is 4.42. The van der Waals surface area contributed by atoms with Crippen molar-refractivity contribution in [3.63, 3.8) is 0 Å². The third-order valence-corrected chi connectivity index (χ3v) is 4.42. The fraction of sp³-hybridized carbons (Fsp3) is 0.706. The van der Waals surface area contributed by atoms with Crippen LogP contribution < -0.4 is 21.7 Å². The number of carbonyl (C=O) groups excluding carboxylic acids is 3. The molecule has 0 spiro atoms. The maximum absolute atomic E-state index is 12.6. The molecule has 0 aromatic carbocycles. The molecule has 9 N–H and O–H groups in total. The summed E-state index contributed by atoms with van der Waals surface area (Å²) in [6.07, 6.45) is -1.70.